The first kappa shape index (κ1) is 17.7. The summed E-state index contributed by atoms with van der Waals surface area (Å²) in [6.45, 7) is 7.16. The number of carbonyl (C=O) groups is 1. The number of nitrogens with one attached hydrogen (secondary N) is 2. The lowest BCUT2D eigenvalue weighted by Gasteiger charge is -2.38. The van der Waals surface area contributed by atoms with Gasteiger partial charge >= 0.3 is 6.09 Å². The van der Waals surface area contributed by atoms with Gasteiger partial charge in [-0.25, -0.2) is 13.6 Å². The van der Waals surface area contributed by atoms with Gasteiger partial charge in [0, 0.05) is 23.7 Å². The fourth-order valence-corrected chi connectivity index (χ4v) is 2.71. The molecule has 0 radical (unpaired) electrons. The second kappa shape index (κ2) is 6.83. The molecule has 1 aromatic rings. The topological polar surface area (TPSA) is 50.4 Å². The van der Waals surface area contributed by atoms with Crippen molar-refractivity contribution in [2.24, 2.45) is 0 Å². The van der Waals surface area contributed by atoms with Gasteiger partial charge in [0.05, 0.1) is 0 Å². The average Bonchev–Trinajstić information content (AvgIpc) is 2.33. The summed E-state index contributed by atoms with van der Waals surface area (Å²) in [5.74, 6) is -1.10. The number of hydrogen-bond acceptors (Lipinski definition) is 3. The number of halogens is 2. The van der Waals surface area contributed by atoms with E-state index in [9.17, 15) is 13.6 Å². The van der Waals surface area contributed by atoms with Crippen molar-refractivity contribution in [3.63, 3.8) is 0 Å². The minimum atomic E-state index is -0.548. The molecule has 1 aromatic carbocycles. The molecule has 2 N–H and O–H groups in total. The highest BCUT2D eigenvalue weighted by molar-refractivity contribution is 5.68. The van der Waals surface area contributed by atoms with Crippen LogP contribution in [0.5, 0.6) is 0 Å². The van der Waals surface area contributed by atoms with E-state index >= 15 is 0 Å². The molecular formula is C17H24F2N2O2. The van der Waals surface area contributed by atoms with Crippen molar-refractivity contribution in [3.05, 3.63) is 35.4 Å². The Hall–Kier alpha value is -1.69. The van der Waals surface area contributed by atoms with Crippen LogP contribution in [0.15, 0.2) is 18.2 Å². The summed E-state index contributed by atoms with van der Waals surface area (Å²) in [5.41, 5.74) is -0.474. The normalized spacial score (nSPS) is 22.2. The van der Waals surface area contributed by atoms with Gasteiger partial charge in [0.1, 0.15) is 17.2 Å². The Balaban J connectivity index is 1.79. The Morgan fingerprint density at radius 1 is 1.22 bits per heavy atom. The van der Waals surface area contributed by atoms with Crippen molar-refractivity contribution in [3.8, 4) is 0 Å². The van der Waals surface area contributed by atoms with E-state index in [1.165, 1.54) is 18.2 Å². The molecule has 1 fully saturated rings. The SMILES string of the molecule is CC(NC1CC(NC(=O)OC(C)(C)C)C1)c1c(F)cccc1F. The summed E-state index contributed by atoms with van der Waals surface area (Å²) in [7, 11) is 0. The van der Waals surface area contributed by atoms with Gasteiger partial charge < -0.3 is 15.4 Å². The predicted octanol–water partition coefficient (Wildman–Crippen LogP) is 3.67. The van der Waals surface area contributed by atoms with Crippen LogP contribution in [0.2, 0.25) is 0 Å². The van der Waals surface area contributed by atoms with Crippen LogP contribution in [0, 0.1) is 11.6 Å². The first-order chi connectivity index (χ1) is 10.7. The van der Waals surface area contributed by atoms with E-state index in [0.29, 0.717) is 12.8 Å². The third kappa shape index (κ3) is 4.89. The maximum Gasteiger partial charge on any atom is 0.407 e. The molecule has 0 aromatic heterocycles. The largest absolute Gasteiger partial charge is 0.444 e. The number of hydrogen-bond donors (Lipinski definition) is 2. The zero-order valence-corrected chi connectivity index (χ0v) is 14.0. The molecule has 23 heavy (non-hydrogen) atoms. The van der Waals surface area contributed by atoms with Crippen molar-refractivity contribution in [2.45, 2.75) is 64.3 Å². The van der Waals surface area contributed by atoms with E-state index in [1.807, 2.05) is 20.8 Å². The molecule has 1 amide bonds. The Bertz CT molecular complexity index is 546. The summed E-state index contributed by atoms with van der Waals surface area (Å²) < 4.78 is 32.6. The molecule has 0 saturated heterocycles. The molecular weight excluding hydrogens is 302 g/mol. The highest BCUT2D eigenvalue weighted by atomic mass is 19.1. The van der Waals surface area contributed by atoms with Crippen LogP contribution < -0.4 is 10.6 Å². The molecule has 0 spiro atoms. The maximum atomic E-state index is 13.7. The van der Waals surface area contributed by atoms with Crippen LogP contribution in [0.1, 0.15) is 52.1 Å². The van der Waals surface area contributed by atoms with E-state index in [0.717, 1.165) is 0 Å². The lowest BCUT2D eigenvalue weighted by Crippen LogP contribution is -2.53. The molecule has 1 unspecified atom stereocenters. The highest BCUT2D eigenvalue weighted by Crippen LogP contribution is 2.26. The first-order valence-electron chi connectivity index (χ1n) is 7.85. The van der Waals surface area contributed by atoms with Gasteiger partial charge in [-0.05, 0) is 52.7 Å². The van der Waals surface area contributed by atoms with Crippen LogP contribution >= 0.6 is 0 Å². The molecule has 0 bridgehead atoms. The van der Waals surface area contributed by atoms with Crippen molar-refractivity contribution in [1.82, 2.24) is 10.6 Å². The van der Waals surface area contributed by atoms with E-state index < -0.39 is 29.4 Å². The number of amides is 1. The molecule has 2 rings (SSSR count). The van der Waals surface area contributed by atoms with Gasteiger partial charge in [-0.1, -0.05) is 6.07 Å². The second-order valence-electron chi connectivity index (χ2n) is 7.04. The summed E-state index contributed by atoms with van der Waals surface area (Å²) in [6, 6.07) is 3.58. The van der Waals surface area contributed by atoms with Gasteiger partial charge in [0.15, 0.2) is 0 Å². The molecule has 6 heteroatoms. The summed E-state index contributed by atoms with van der Waals surface area (Å²) in [4.78, 5) is 11.6. The van der Waals surface area contributed by atoms with Crippen molar-refractivity contribution < 1.29 is 18.3 Å². The third-order valence-corrected chi connectivity index (χ3v) is 3.78. The van der Waals surface area contributed by atoms with Gasteiger partial charge in [0.2, 0.25) is 0 Å². The Morgan fingerprint density at radius 2 is 1.78 bits per heavy atom. The molecule has 1 aliphatic rings. The standard InChI is InChI=1S/C17H24F2N2O2/c1-10(15-13(18)6-5-7-14(15)19)20-11-8-12(9-11)21-16(22)23-17(2,3)4/h5-7,10-12,20H,8-9H2,1-4H3,(H,21,22). The van der Waals surface area contributed by atoms with E-state index in [4.69, 9.17) is 4.74 Å². The smallest absolute Gasteiger partial charge is 0.407 e. The summed E-state index contributed by atoms with van der Waals surface area (Å²) >= 11 is 0. The first-order valence-corrected chi connectivity index (χ1v) is 7.85. The highest BCUT2D eigenvalue weighted by Gasteiger charge is 2.33. The summed E-state index contributed by atoms with van der Waals surface area (Å²) in [6.07, 6.45) is 0.980. The maximum absolute atomic E-state index is 13.7. The molecule has 0 heterocycles. The zero-order chi connectivity index (χ0) is 17.2. The molecule has 1 saturated carbocycles. The second-order valence-corrected chi connectivity index (χ2v) is 7.04. The summed E-state index contributed by atoms with van der Waals surface area (Å²) in [5, 5.41) is 5.98. The van der Waals surface area contributed by atoms with E-state index in [1.54, 1.807) is 6.92 Å². The fraction of sp³-hybridized carbons (Fsp3) is 0.588. The van der Waals surface area contributed by atoms with E-state index in [2.05, 4.69) is 10.6 Å². The quantitative estimate of drug-likeness (QED) is 0.887. The van der Waals surface area contributed by atoms with Crippen molar-refractivity contribution in [1.29, 1.82) is 0 Å². The molecule has 4 nitrogen and oxygen atoms in total. The number of carbonyl (C=O) groups excluding carboxylic acids is 1. The molecule has 128 valence electrons. The number of benzene rings is 1. The fourth-order valence-electron chi connectivity index (χ4n) is 2.71. The minimum Gasteiger partial charge on any atom is -0.444 e. The zero-order valence-electron chi connectivity index (χ0n) is 14.0. The minimum absolute atomic E-state index is 0.0278. The lowest BCUT2D eigenvalue weighted by atomic mass is 9.86. The average molecular weight is 326 g/mol. The Morgan fingerprint density at radius 3 is 2.30 bits per heavy atom. The van der Waals surface area contributed by atoms with Crippen LogP contribution in [0.4, 0.5) is 13.6 Å². The van der Waals surface area contributed by atoms with Crippen LogP contribution in [-0.4, -0.2) is 23.8 Å². The van der Waals surface area contributed by atoms with Gasteiger partial charge in [-0.15, -0.1) is 0 Å². The monoisotopic (exact) mass is 326 g/mol. The Labute approximate surface area is 135 Å². The molecule has 1 aliphatic carbocycles. The van der Waals surface area contributed by atoms with Gasteiger partial charge in [-0.2, -0.15) is 0 Å². The molecule has 1 atom stereocenters. The van der Waals surface area contributed by atoms with Gasteiger partial charge in [0.25, 0.3) is 0 Å². The van der Waals surface area contributed by atoms with Gasteiger partial charge in [-0.3, -0.25) is 0 Å². The van der Waals surface area contributed by atoms with Crippen LogP contribution in [-0.2, 0) is 4.74 Å². The number of rotatable bonds is 4. The molecule has 0 aliphatic heterocycles. The predicted molar refractivity (Wildman–Crippen MR) is 84.1 cm³/mol. The number of alkyl carbamates (subject to hydrolysis) is 1. The van der Waals surface area contributed by atoms with Crippen LogP contribution in [0.25, 0.3) is 0 Å². The van der Waals surface area contributed by atoms with Crippen molar-refractivity contribution in [2.75, 3.05) is 0 Å². The Kier molecular flexibility index (Phi) is 5.24. The van der Waals surface area contributed by atoms with E-state index in [-0.39, 0.29) is 17.6 Å². The number of ether oxygens (including phenoxy) is 1. The third-order valence-electron chi connectivity index (χ3n) is 3.78. The van der Waals surface area contributed by atoms with Crippen LogP contribution in [0.3, 0.4) is 0 Å². The van der Waals surface area contributed by atoms with Crippen molar-refractivity contribution >= 4 is 6.09 Å². The lowest BCUT2D eigenvalue weighted by molar-refractivity contribution is 0.0463.